The molecule has 6 nitrogen and oxygen atoms in total. The molecule has 0 aliphatic heterocycles. The molecule has 0 saturated heterocycles. The molecule has 0 bridgehead atoms. The van der Waals surface area contributed by atoms with E-state index in [4.69, 9.17) is 9.47 Å². The molecular formula is C17H21N3O3. The monoisotopic (exact) mass is 315 g/mol. The highest BCUT2D eigenvalue weighted by atomic mass is 16.5. The average Bonchev–Trinajstić information content (AvgIpc) is 2.54. The van der Waals surface area contributed by atoms with E-state index in [2.05, 4.69) is 15.6 Å². The third kappa shape index (κ3) is 4.35. The lowest BCUT2D eigenvalue weighted by Gasteiger charge is -2.12. The number of benzene rings is 1. The first kappa shape index (κ1) is 16.6. The fourth-order valence-corrected chi connectivity index (χ4v) is 2.06. The Morgan fingerprint density at radius 1 is 1.04 bits per heavy atom. The molecule has 6 heteroatoms. The van der Waals surface area contributed by atoms with Gasteiger partial charge in [-0.3, -0.25) is 9.78 Å². The van der Waals surface area contributed by atoms with E-state index < -0.39 is 0 Å². The summed E-state index contributed by atoms with van der Waals surface area (Å²) in [6.45, 7) is 3.83. The van der Waals surface area contributed by atoms with Crippen LogP contribution in [0.2, 0.25) is 0 Å². The fourth-order valence-electron chi connectivity index (χ4n) is 2.06. The second-order valence-corrected chi connectivity index (χ2v) is 5.29. The fraction of sp³-hybridized carbons (Fsp3) is 0.294. The van der Waals surface area contributed by atoms with Gasteiger partial charge in [0.2, 0.25) is 0 Å². The van der Waals surface area contributed by atoms with Crippen molar-refractivity contribution in [3.05, 3.63) is 42.2 Å². The van der Waals surface area contributed by atoms with Crippen molar-refractivity contribution in [3.8, 4) is 11.5 Å². The Morgan fingerprint density at radius 3 is 2.43 bits per heavy atom. The molecule has 1 aromatic heterocycles. The first-order valence-corrected chi connectivity index (χ1v) is 7.28. The molecule has 0 unspecified atom stereocenters. The zero-order valence-electron chi connectivity index (χ0n) is 13.7. The van der Waals surface area contributed by atoms with Gasteiger partial charge in [-0.15, -0.1) is 0 Å². The van der Waals surface area contributed by atoms with E-state index in [9.17, 15) is 4.79 Å². The molecule has 122 valence electrons. The molecule has 1 aromatic carbocycles. The van der Waals surface area contributed by atoms with Crippen molar-refractivity contribution in [1.29, 1.82) is 0 Å². The van der Waals surface area contributed by atoms with E-state index >= 15 is 0 Å². The summed E-state index contributed by atoms with van der Waals surface area (Å²) in [5, 5.41) is 6.04. The highest BCUT2D eigenvalue weighted by Crippen LogP contribution is 2.31. The minimum absolute atomic E-state index is 0.0740. The van der Waals surface area contributed by atoms with Gasteiger partial charge >= 0.3 is 0 Å². The van der Waals surface area contributed by atoms with Crippen molar-refractivity contribution in [2.24, 2.45) is 0 Å². The number of rotatable bonds is 6. The first-order valence-electron chi connectivity index (χ1n) is 7.28. The molecule has 2 rings (SSSR count). The predicted molar refractivity (Wildman–Crippen MR) is 89.7 cm³/mol. The minimum Gasteiger partial charge on any atom is -0.493 e. The molecule has 23 heavy (non-hydrogen) atoms. The number of ether oxygens (including phenoxy) is 2. The maximum Gasteiger partial charge on any atom is 0.253 e. The SMILES string of the molecule is COc1ccc(Nc2cncc(C(=O)NC(C)C)c2)cc1OC. The summed E-state index contributed by atoms with van der Waals surface area (Å²) in [7, 11) is 3.17. The second kappa shape index (κ2) is 7.49. The van der Waals surface area contributed by atoms with Crippen molar-refractivity contribution in [2.45, 2.75) is 19.9 Å². The Labute approximate surface area is 135 Å². The summed E-state index contributed by atoms with van der Waals surface area (Å²) >= 11 is 0. The van der Waals surface area contributed by atoms with Gasteiger partial charge in [0.15, 0.2) is 11.5 Å². The summed E-state index contributed by atoms with van der Waals surface area (Å²) in [4.78, 5) is 16.1. The van der Waals surface area contributed by atoms with Crippen LogP contribution in [0.15, 0.2) is 36.7 Å². The number of amides is 1. The minimum atomic E-state index is -0.150. The number of nitrogens with zero attached hydrogens (tertiary/aromatic N) is 1. The van der Waals surface area contributed by atoms with Gasteiger partial charge in [-0.1, -0.05) is 0 Å². The van der Waals surface area contributed by atoms with Crippen LogP contribution in [-0.4, -0.2) is 31.2 Å². The topological polar surface area (TPSA) is 72.5 Å². The zero-order valence-corrected chi connectivity index (χ0v) is 13.7. The Balaban J connectivity index is 2.19. The Kier molecular flexibility index (Phi) is 5.41. The van der Waals surface area contributed by atoms with Gasteiger partial charge in [0.25, 0.3) is 5.91 Å². The Morgan fingerprint density at radius 2 is 1.78 bits per heavy atom. The van der Waals surface area contributed by atoms with Crippen LogP contribution in [0.25, 0.3) is 0 Å². The van der Waals surface area contributed by atoms with Crippen molar-refractivity contribution in [1.82, 2.24) is 10.3 Å². The molecule has 0 aliphatic rings. The second-order valence-electron chi connectivity index (χ2n) is 5.29. The van der Waals surface area contributed by atoms with Crippen LogP contribution >= 0.6 is 0 Å². The molecule has 1 amide bonds. The van der Waals surface area contributed by atoms with E-state index in [1.807, 2.05) is 32.0 Å². The average molecular weight is 315 g/mol. The lowest BCUT2D eigenvalue weighted by atomic mass is 10.2. The van der Waals surface area contributed by atoms with Gasteiger partial charge in [0.05, 0.1) is 31.7 Å². The number of nitrogens with one attached hydrogen (secondary N) is 2. The molecule has 1 heterocycles. The van der Waals surface area contributed by atoms with Crippen LogP contribution in [0, 0.1) is 0 Å². The molecule has 0 atom stereocenters. The molecular weight excluding hydrogens is 294 g/mol. The number of carbonyl (C=O) groups excluding carboxylic acids is 1. The highest BCUT2D eigenvalue weighted by molar-refractivity contribution is 5.95. The smallest absolute Gasteiger partial charge is 0.253 e. The van der Waals surface area contributed by atoms with Gasteiger partial charge < -0.3 is 20.1 Å². The molecule has 0 radical (unpaired) electrons. The predicted octanol–water partition coefficient (Wildman–Crippen LogP) is 2.98. The molecule has 0 fully saturated rings. The number of methoxy groups -OCH3 is 2. The third-order valence-corrected chi connectivity index (χ3v) is 3.09. The van der Waals surface area contributed by atoms with Gasteiger partial charge in [-0.2, -0.15) is 0 Å². The van der Waals surface area contributed by atoms with Crippen molar-refractivity contribution >= 4 is 17.3 Å². The van der Waals surface area contributed by atoms with E-state index in [1.165, 1.54) is 6.20 Å². The quantitative estimate of drug-likeness (QED) is 0.857. The number of hydrogen-bond donors (Lipinski definition) is 2. The van der Waals surface area contributed by atoms with Crippen molar-refractivity contribution in [3.63, 3.8) is 0 Å². The molecule has 0 aliphatic carbocycles. The first-order chi connectivity index (χ1) is 11.0. The maximum absolute atomic E-state index is 12.0. The number of carbonyl (C=O) groups is 1. The van der Waals surface area contributed by atoms with Gasteiger partial charge in [0.1, 0.15) is 0 Å². The molecule has 2 aromatic rings. The lowest BCUT2D eigenvalue weighted by molar-refractivity contribution is 0.0943. The highest BCUT2D eigenvalue weighted by Gasteiger charge is 2.09. The van der Waals surface area contributed by atoms with E-state index in [0.717, 1.165) is 5.69 Å². The number of hydrogen-bond acceptors (Lipinski definition) is 5. The normalized spacial score (nSPS) is 10.3. The lowest BCUT2D eigenvalue weighted by Crippen LogP contribution is -2.30. The number of anilines is 2. The number of pyridine rings is 1. The van der Waals surface area contributed by atoms with Crippen LogP contribution < -0.4 is 20.1 Å². The Hall–Kier alpha value is -2.76. The maximum atomic E-state index is 12.0. The van der Waals surface area contributed by atoms with Crippen LogP contribution in [-0.2, 0) is 0 Å². The van der Waals surface area contributed by atoms with Crippen LogP contribution in [0.4, 0.5) is 11.4 Å². The van der Waals surface area contributed by atoms with Crippen LogP contribution in [0.1, 0.15) is 24.2 Å². The van der Waals surface area contributed by atoms with E-state index in [-0.39, 0.29) is 11.9 Å². The summed E-state index contributed by atoms with van der Waals surface area (Å²) < 4.78 is 10.5. The van der Waals surface area contributed by atoms with Crippen LogP contribution in [0.3, 0.4) is 0 Å². The van der Waals surface area contributed by atoms with Crippen molar-refractivity contribution < 1.29 is 14.3 Å². The summed E-state index contributed by atoms with van der Waals surface area (Å²) in [5.74, 6) is 1.13. The third-order valence-electron chi connectivity index (χ3n) is 3.09. The van der Waals surface area contributed by atoms with Gasteiger partial charge in [-0.25, -0.2) is 0 Å². The zero-order chi connectivity index (χ0) is 16.8. The summed E-state index contributed by atoms with van der Waals surface area (Å²) in [5.41, 5.74) is 2.03. The number of aromatic nitrogens is 1. The largest absolute Gasteiger partial charge is 0.493 e. The van der Waals surface area contributed by atoms with Crippen LogP contribution in [0.5, 0.6) is 11.5 Å². The molecule has 2 N–H and O–H groups in total. The Bertz CT molecular complexity index is 687. The molecule has 0 spiro atoms. The standard InChI is InChI=1S/C17H21N3O3/c1-11(2)19-17(21)12-7-14(10-18-9-12)20-13-5-6-15(22-3)16(8-13)23-4/h5-11,20H,1-4H3,(H,19,21). The summed E-state index contributed by atoms with van der Waals surface area (Å²) in [6.07, 6.45) is 3.19. The van der Waals surface area contributed by atoms with Crippen molar-refractivity contribution in [2.75, 3.05) is 19.5 Å². The van der Waals surface area contributed by atoms with E-state index in [1.54, 1.807) is 26.5 Å². The van der Waals surface area contributed by atoms with E-state index in [0.29, 0.717) is 22.7 Å². The summed E-state index contributed by atoms with van der Waals surface area (Å²) in [6, 6.07) is 7.32. The van der Waals surface area contributed by atoms with Gasteiger partial charge in [0, 0.05) is 24.0 Å². The molecule has 0 saturated carbocycles. The van der Waals surface area contributed by atoms with Gasteiger partial charge in [-0.05, 0) is 32.0 Å².